The standard InChI is InChI=1S/C55H41N3S2/c1-3-39(35-16-6-4-7-17-35)40-20-10-11-21-41(40)47-32-37(29-28-34(47)2)38-30-31-44-50(33-38)59-49-27-15-24-45(51(44)49)54-56-53(36-18-8-5-9-19-36)57-55(58-54)46-25-14-23-43-42-22-12-13-26-48(42)60-52(43)46/h4-29,32-33,39H,3,30-31H2,1-2H3. The zero-order valence-electron chi connectivity index (χ0n) is 33.5. The van der Waals surface area contributed by atoms with Gasteiger partial charge < -0.3 is 0 Å². The summed E-state index contributed by atoms with van der Waals surface area (Å²) in [6, 6.07) is 59.1. The van der Waals surface area contributed by atoms with Gasteiger partial charge in [-0.25, -0.2) is 15.0 Å². The minimum Gasteiger partial charge on any atom is -0.208 e. The minimum absolute atomic E-state index is 0.336. The Bertz CT molecular complexity index is 3270. The molecule has 60 heavy (non-hydrogen) atoms. The van der Waals surface area contributed by atoms with E-state index >= 15 is 0 Å². The quantitative estimate of drug-likeness (QED) is 0.153. The molecule has 0 saturated heterocycles. The number of rotatable bonds is 8. The summed E-state index contributed by atoms with van der Waals surface area (Å²) in [6.07, 6.45) is 5.41. The van der Waals surface area contributed by atoms with Gasteiger partial charge in [0.1, 0.15) is 0 Å². The first kappa shape index (κ1) is 36.5. The van der Waals surface area contributed by atoms with Crippen LogP contribution in [0.15, 0.2) is 164 Å². The van der Waals surface area contributed by atoms with Gasteiger partial charge in [-0.15, -0.1) is 22.7 Å². The number of aryl methyl sites for hydroxylation is 2. The van der Waals surface area contributed by atoms with Gasteiger partial charge in [-0.3, -0.25) is 0 Å². The summed E-state index contributed by atoms with van der Waals surface area (Å²) in [5.74, 6) is 2.43. The van der Waals surface area contributed by atoms with Crippen LogP contribution >= 0.6 is 22.7 Å². The number of benzene rings is 7. The fourth-order valence-corrected chi connectivity index (χ4v) is 11.7. The van der Waals surface area contributed by atoms with Gasteiger partial charge in [0.25, 0.3) is 0 Å². The molecule has 0 N–H and O–H groups in total. The molecule has 0 fully saturated rings. The molecule has 0 radical (unpaired) electrons. The van der Waals surface area contributed by atoms with E-state index in [4.69, 9.17) is 15.0 Å². The lowest BCUT2D eigenvalue weighted by atomic mass is 9.82. The highest BCUT2D eigenvalue weighted by molar-refractivity contribution is 7.26. The molecule has 1 aliphatic carbocycles. The molecule has 5 heteroatoms. The highest BCUT2D eigenvalue weighted by Crippen LogP contribution is 2.46. The van der Waals surface area contributed by atoms with E-state index in [1.807, 2.05) is 29.5 Å². The summed E-state index contributed by atoms with van der Waals surface area (Å²) in [4.78, 5) is 17.0. The van der Waals surface area contributed by atoms with Crippen LogP contribution in [-0.2, 0) is 6.42 Å². The van der Waals surface area contributed by atoms with Crippen LogP contribution in [0.25, 0.3) is 87.2 Å². The Morgan fingerprint density at radius 1 is 0.533 bits per heavy atom. The monoisotopic (exact) mass is 807 g/mol. The predicted molar refractivity (Wildman–Crippen MR) is 256 cm³/mol. The summed E-state index contributed by atoms with van der Waals surface area (Å²) in [6.45, 7) is 4.55. The first-order chi connectivity index (χ1) is 29.6. The van der Waals surface area contributed by atoms with Crippen molar-refractivity contribution in [3.05, 3.63) is 196 Å². The number of hydrogen-bond acceptors (Lipinski definition) is 5. The van der Waals surface area contributed by atoms with E-state index < -0.39 is 0 Å². The van der Waals surface area contributed by atoms with E-state index in [1.165, 1.54) is 79.7 Å². The molecule has 10 aromatic rings. The Balaban J connectivity index is 1.02. The second-order valence-corrected chi connectivity index (χ2v) is 17.9. The van der Waals surface area contributed by atoms with Gasteiger partial charge in [-0.1, -0.05) is 146 Å². The summed E-state index contributed by atoms with van der Waals surface area (Å²) >= 11 is 3.68. The smallest absolute Gasteiger partial charge is 0.165 e. The fourth-order valence-electron chi connectivity index (χ4n) is 9.23. The van der Waals surface area contributed by atoms with Crippen LogP contribution in [0.4, 0.5) is 0 Å². The Hall–Kier alpha value is -6.53. The van der Waals surface area contributed by atoms with Crippen LogP contribution in [0, 0.1) is 6.92 Å². The summed E-state index contributed by atoms with van der Waals surface area (Å²) in [5, 5.41) is 3.75. The van der Waals surface area contributed by atoms with E-state index in [0.29, 0.717) is 23.4 Å². The SMILES string of the molecule is CCC(c1ccccc1)c1ccccc1-c1cc(C2=Cc3sc4cccc(-c5nc(-c6ccccc6)nc(-c6cccc7c6sc6ccccc67)n5)c4c3CC2)ccc1C. The zero-order valence-corrected chi connectivity index (χ0v) is 35.2. The molecule has 288 valence electrons. The molecule has 0 spiro atoms. The van der Waals surface area contributed by atoms with Crippen molar-refractivity contribution in [2.45, 2.75) is 39.0 Å². The van der Waals surface area contributed by atoms with Gasteiger partial charge in [0.15, 0.2) is 17.5 Å². The lowest BCUT2D eigenvalue weighted by molar-refractivity contribution is 0.779. The number of fused-ring (bicyclic) bond motifs is 6. The average molecular weight is 808 g/mol. The number of nitrogens with zero attached hydrogens (tertiary/aromatic N) is 3. The first-order valence-corrected chi connectivity index (χ1v) is 22.5. The van der Waals surface area contributed by atoms with Gasteiger partial charge in [0, 0.05) is 57.7 Å². The maximum atomic E-state index is 5.33. The summed E-state index contributed by atoms with van der Waals surface area (Å²) < 4.78 is 3.72. The van der Waals surface area contributed by atoms with Gasteiger partial charge in [0.2, 0.25) is 0 Å². The molecule has 0 amide bonds. The molecule has 3 nitrogen and oxygen atoms in total. The number of aromatic nitrogens is 3. The number of allylic oxidation sites excluding steroid dienone is 1. The van der Waals surface area contributed by atoms with Crippen LogP contribution in [0.2, 0.25) is 0 Å². The van der Waals surface area contributed by atoms with Crippen molar-refractivity contribution in [2.75, 3.05) is 0 Å². The molecule has 1 aliphatic rings. The molecule has 7 aromatic carbocycles. The largest absolute Gasteiger partial charge is 0.208 e. The van der Waals surface area contributed by atoms with E-state index in [1.54, 1.807) is 11.3 Å². The Morgan fingerprint density at radius 2 is 1.20 bits per heavy atom. The fraction of sp³-hybridized carbons (Fsp3) is 0.109. The predicted octanol–water partition coefficient (Wildman–Crippen LogP) is 15.5. The minimum atomic E-state index is 0.336. The number of thiophene rings is 2. The highest BCUT2D eigenvalue weighted by Gasteiger charge is 2.24. The normalized spacial score (nSPS) is 13.1. The maximum absolute atomic E-state index is 5.33. The van der Waals surface area contributed by atoms with E-state index in [-0.39, 0.29) is 0 Å². The lowest BCUT2D eigenvalue weighted by Crippen LogP contribution is -2.03. The Kier molecular flexibility index (Phi) is 9.29. The van der Waals surface area contributed by atoms with Crippen LogP contribution < -0.4 is 0 Å². The molecular weight excluding hydrogens is 767 g/mol. The Morgan fingerprint density at radius 3 is 2.05 bits per heavy atom. The van der Waals surface area contributed by atoms with E-state index in [9.17, 15) is 0 Å². The van der Waals surface area contributed by atoms with Crippen molar-refractivity contribution < 1.29 is 0 Å². The van der Waals surface area contributed by atoms with Crippen molar-refractivity contribution in [1.82, 2.24) is 15.0 Å². The second-order valence-electron chi connectivity index (χ2n) is 15.7. The van der Waals surface area contributed by atoms with Crippen LogP contribution in [0.1, 0.15) is 58.4 Å². The second kappa shape index (κ2) is 15.3. The van der Waals surface area contributed by atoms with Crippen molar-refractivity contribution >= 4 is 64.6 Å². The third kappa shape index (κ3) is 6.37. The van der Waals surface area contributed by atoms with Crippen molar-refractivity contribution in [3.8, 4) is 45.3 Å². The van der Waals surface area contributed by atoms with Crippen LogP contribution in [-0.4, -0.2) is 15.0 Å². The van der Waals surface area contributed by atoms with Crippen LogP contribution in [0.5, 0.6) is 0 Å². The molecule has 11 rings (SSSR count). The average Bonchev–Trinajstić information content (AvgIpc) is 3.88. The third-order valence-corrected chi connectivity index (χ3v) is 14.6. The highest BCUT2D eigenvalue weighted by atomic mass is 32.1. The Labute approximate surface area is 358 Å². The molecule has 1 unspecified atom stereocenters. The molecule has 3 aromatic heterocycles. The first-order valence-electron chi connectivity index (χ1n) is 20.8. The number of hydrogen-bond donors (Lipinski definition) is 0. The molecule has 0 aliphatic heterocycles. The van der Waals surface area contributed by atoms with E-state index in [2.05, 4.69) is 166 Å². The van der Waals surface area contributed by atoms with Crippen molar-refractivity contribution in [2.24, 2.45) is 0 Å². The summed E-state index contributed by atoms with van der Waals surface area (Å²) in [7, 11) is 0. The molecule has 0 bridgehead atoms. The van der Waals surface area contributed by atoms with Gasteiger partial charge in [0.05, 0.1) is 0 Å². The lowest BCUT2D eigenvalue weighted by Gasteiger charge is -2.22. The van der Waals surface area contributed by atoms with Crippen molar-refractivity contribution in [1.29, 1.82) is 0 Å². The van der Waals surface area contributed by atoms with Gasteiger partial charge in [-0.05, 0) is 101 Å². The van der Waals surface area contributed by atoms with Gasteiger partial charge in [-0.2, -0.15) is 0 Å². The van der Waals surface area contributed by atoms with Gasteiger partial charge >= 0.3 is 0 Å². The zero-order chi connectivity index (χ0) is 40.2. The molecular formula is C55H41N3S2. The van der Waals surface area contributed by atoms with Crippen LogP contribution in [0.3, 0.4) is 0 Å². The summed E-state index contributed by atoms with van der Waals surface area (Å²) in [5.41, 5.74) is 13.8. The van der Waals surface area contributed by atoms with Crippen molar-refractivity contribution in [3.63, 3.8) is 0 Å². The maximum Gasteiger partial charge on any atom is 0.165 e. The van der Waals surface area contributed by atoms with E-state index in [0.717, 1.165) is 36.0 Å². The topological polar surface area (TPSA) is 38.7 Å². The molecule has 1 atom stereocenters. The molecule has 3 heterocycles. The molecule has 0 saturated carbocycles. The third-order valence-electron chi connectivity index (χ3n) is 12.2.